The van der Waals surface area contributed by atoms with E-state index in [0.717, 1.165) is 6.07 Å². The highest BCUT2D eigenvalue weighted by atomic mass is 79.9. The van der Waals surface area contributed by atoms with Gasteiger partial charge in [-0.05, 0) is 24.7 Å². The minimum absolute atomic E-state index is 0.182. The van der Waals surface area contributed by atoms with Crippen LogP contribution in [-0.2, 0) is 10.9 Å². The molecule has 1 atom stereocenters. The summed E-state index contributed by atoms with van der Waals surface area (Å²) < 4.78 is 43.9. The van der Waals surface area contributed by atoms with Gasteiger partial charge < -0.3 is 10.1 Å². The summed E-state index contributed by atoms with van der Waals surface area (Å²) in [6.45, 7) is 0.182. The second kappa shape index (κ2) is 5.84. The van der Waals surface area contributed by atoms with E-state index in [-0.39, 0.29) is 12.2 Å². The Hall–Kier alpha value is -0.590. The van der Waals surface area contributed by atoms with E-state index in [9.17, 15) is 13.2 Å². The highest BCUT2D eigenvalue weighted by molar-refractivity contribution is 9.10. The van der Waals surface area contributed by atoms with Gasteiger partial charge in [0.1, 0.15) is 0 Å². The summed E-state index contributed by atoms with van der Waals surface area (Å²) in [5.41, 5.74) is -0.465. The quantitative estimate of drug-likeness (QED) is 0.920. The molecule has 1 aromatic carbocycles. The van der Waals surface area contributed by atoms with Crippen LogP contribution in [-0.4, -0.2) is 20.8 Å². The summed E-state index contributed by atoms with van der Waals surface area (Å²) in [4.78, 5) is 0. The number of rotatable bonds is 4. The number of halogens is 4. The topological polar surface area (TPSA) is 21.3 Å². The van der Waals surface area contributed by atoms with E-state index >= 15 is 0 Å². The average Bonchev–Trinajstić information content (AvgIpc) is 2.25. The van der Waals surface area contributed by atoms with Crippen LogP contribution in [0.4, 0.5) is 13.2 Å². The Morgan fingerprint density at radius 3 is 2.53 bits per heavy atom. The first-order valence-corrected chi connectivity index (χ1v) is 5.72. The molecule has 0 saturated heterocycles. The van der Waals surface area contributed by atoms with Gasteiger partial charge in [0.25, 0.3) is 0 Å². The average molecular weight is 312 g/mol. The number of likely N-dealkylation sites (N-methyl/N-ethyl adjacent to an activating group) is 1. The predicted molar refractivity (Wildman–Crippen MR) is 62.8 cm³/mol. The number of hydrogen-bond acceptors (Lipinski definition) is 2. The molecule has 6 heteroatoms. The fraction of sp³-hybridized carbons (Fsp3) is 0.455. The van der Waals surface area contributed by atoms with Crippen molar-refractivity contribution in [2.75, 3.05) is 20.8 Å². The number of nitrogens with one attached hydrogen (secondary N) is 1. The van der Waals surface area contributed by atoms with E-state index in [1.165, 1.54) is 13.2 Å². The first kappa shape index (κ1) is 14.5. The van der Waals surface area contributed by atoms with Crippen molar-refractivity contribution < 1.29 is 17.9 Å². The third-order valence-corrected chi connectivity index (χ3v) is 2.87. The highest BCUT2D eigenvalue weighted by Crippen LogP contribution is 2.36. The van der Waals surface area contributed by atoms with Gasteiger partial charge in [-0.1, -0.05) is 22.0 Å². The number of ether oxygens (including phenoxy) is 1. The van der Waals surface area contributed by atoms with E-state index in [4.69, 9.17) is 4.74 Å². The SMILES string of the molecule is CNC(COC)c1ccc(Br)cc1C(F)(F)F. The molecule has 0 aromatic heterocycles. The Bertz CT molecular complexity index is 381. The maximum Gasteiger partial charge on any atom is 0.416 e. The van der Waals surface area contributed by atoms with E-state index in [2.05, 4.69) is 21.2 Å². The number of hydrogen-bond donors (Lipinski definition) is 1. The molecular weight excluding hydrogens is 299 g/mol. The van der Waals surface area contributed by atoms with E-state index in [0.29, 0.717) is 4.47 Å². The number of methoxy groups -OCH3 is 1. The normalized spacial score (nSPS) is 13.8. The van der Waals surface area contributed by atoms with Gasteiger partial charge in [-0.2, -0.15) is 13.2 Å². The Morgan fingerprint density at radius 2 is 2.06 bits per heavy atom. The molecule has 1 aromatic rings. The zero-order chi connectivity index (χ0) is 13.1. The van der Waals surface area contributed by atoms with Gasteiger partial charge in [0.2, 0.25) is 0 Å². The molecule has 2 nitrogen and oxygen atoms in total. The zero-order valence-corrected chi connectivity index (χ0v) is 11.0. The van der Waals surface area contributed by atoms with E-state index in [1.807, 2.05) is 0 Å². The van der Waals surface area contributed by atoms with Crippen LogP contribution in [0, 0.1) is 0 Å². The Balaban J connectivity index is 3.22. The third kappa shape index (κ3) is 3.69. The van der Waals surface area contributed by atoms with Gasteiger partial charge in [-0.25, -0.2) is 0 Å². The molecule has 17 heavy (non-hydrogen) atoms. The van der Waals surface area contributed by atoms with Crippen LogP contribution < -0.4 is 5.32 Å². The smallest absolute Gasteiger partial charge is 0.383 e. The van der Waals surface area contributed by atoms with Crippen LogP contribution in [0.1, 0.15) is 17.2 Å². The van der Waals surface area contributed by atoms with Crippen molar-refractivity contribution in [2.45, 2.75) is 12.2 Å². The summed E-state index contributed by atoms with van der Waals surface area (Å²) in [5, 5.41) is 2.81. The fourth-order valence-corrected chi connectivity index (χ4v) is 1.93. The predicted octanol–water partition coefficient (Wildman–Crippen LogP) is 3.37. The summed E-state index contributed by atoms with van der Waals surface area (Å²) in [5.74, 6) is 0. The van der Waals surface area contributed by atoms with Gasteiger partial charge in [0, 0.05) is 11.6 Å². The van der Waals surface area contributed by atoms with Crippen LogP contribution in [0.3, 0.4) is 0 Å². The molecule has 0 saturated carbocycles. The molecule has 0 aliphatic heterocycles. The minimum atomic E-state index is -4.37. The van der Waals surface area contributed by atoms with Gasteiger partial charge >= 0.3 is 6.18 Å². The van der Waals surface area contributed by atoms with Gasteiger partial charge in [-0.3, -0.25) is 0 Å². The van der Waals surface area contributed by atoms with Crippen LogP contribution in [0.2, 0.25) is 0 Å². The first-order valence-electron chi connectivity index (χ1n) is 4.93. The minimum Gasteiger partial charge on any atom is -0.383 e. The summed E-state index contributed by atoms with van der Waals surface area (Å²) in [7, 11) is 3.06. The molecule has 0 amide bonds. The van der Waals surface area contributed by atoms with Crippen LogP contribution in [0.5, 0.6) is 0 Å². The second-order valence-electron chi connectivity index (χ2n) is 3.53. The van der Waals surface area contributed by atoms with Crippen molar-refractivity contribution in [1.29, 1.82) is 0 Å². The van der Waals surface area contributed by atoms with Crippen LogP contribution in [0.15, 0.2) is 22.7 Å². The monoisotopic (exact) mass is 311 g/mol. The molecule has 0 fully saturated rings. The standard InChI is InChI=1S/C11H13BrF3NO/c1-16-10(6-17-2)8-4-3-7(12)5-9(8)11(13,14)15/h3-5,10,16H,6H2,1-2H3. The molecule has 0 aliphatic rings. The van der Waals surface area contributed by atoms with Crippen molar-refractivity contribution in [3.05, 3.63) is 33.8 Å². The number of benzene rings is 1. The van der Waals surface area contributed by atoms with E-state index < -0.39 is 17.8 Å². The van der Waals surface area contributed by atoms with Crippen LogP contribution in [0.25, 0.3) is 0 Å². The Kier molecular flexibility index (Phi) is 4.97. The van der Waals surface area contributed by atoms with Crippen molar-refractivity contribution >= 4 is 15.9 Å². The summed E-state index contributed by atoms with van der Waals surface area (Å²) in [6.07, 6.45) is -4.37. The molecule has 0 radical (unpaired) electrons. The molecule has 1 rings (SSSR count). The van der Waals surface area contributed by atoms with Gasteiger partial charge in [-0.15, -0.1) is 0 Å². The first-order chi connectivity index (χ1) is 7.90. The highest BCUT2D eigenvalue weighted by Gasteiger charge is 2.35. The van der Waals surface area contributed by atoms with Crippen molar-refractivity contribution in [1.82, 2.24) is 5.32 Å². The number of alkyl halides is 3. The Labute approximate surface area is 106 Å². The van der Waals surface area contributed by atoms with Crippen molar-refractivity contribution in [3.8, 4) is 0 Å². The molecule has 1 N–H and O–H groups in total. The van der Waals surface area contributed by atoms with Gasteiger partial charge in [0.15, 0.2) is 0 Å². The molecule has 0 aliphatic carbocycles. The fourth-order valence-electron chi connectivity index (χ4n) is 1.57. The Morgan fingerprint density at radius 1 is 1.41 bits per heavy atom. The van der Waals surface area contributed by atoms with E-state index in [1.54, 1.807) is 13.1 Å². The molecule has 0 spiro atoms. The molecular formula is C11H13BrF3NO. The lowest BCUT2D eigenvalue weighted by atomic mass is 10.0. The second-order valence-corrected chi connectivity index (χ2v) is 4.44. The van der Waals surface area contributed by atoms with Crippen molar-refractivity contribution in [2.24, 2.45) is 0 Å². The molecule has 0 heterocycles. The molecule has 96 valence electrons. The lowest BCUT2D eigenvalue weighted by Gasteiger charge is -2.21. The largest absolute Gasteiger partial charge is 0.416 e. The lowest BCUT2D eigenvalue weighted by molar-refractivity contribution is -0.138. The van der Waals surface area contributed by atoms with Gasteiger partial charge in [0.05, 0.1) is 18.2 Å². The molecule has 0 bridgehead atoms. The summed E-state index contributed by atoms with van der Waals surface area (Å²) in [6, 6.07) is 3.64. The zero-order valence-electron chi connectivity index (χ0n) is 9.44. The maximum atomic E-state index is 12.9. The van der Waals surface area contributed by atoms with Crippen molar-refractivity contribution in [3.63, 3.8) is 0 Å². The maximum absolute atomic E-state index is 12.9. The lowest BCUT2D eigenvalue weighted by Crippen LogP contribution is -2.24. The molecule has 1 unspecified atom stereocenters. The third-order valence-electron chi connectivity index (χ3n) is 2.38. The van der Waals surface area contributed by atoms with Crippen LogP contribution >= 0.6 is 15.9 Å². The summed E-state index contributed by atoms with van der Waals surface area (Å²) >= 11 is 3.05.